The van der Waals surface area contributed by atoms with Gasteiger partial charge in [0.25, 0.3) is 0 Å². The molecule has 2 heterocycles. The zero-order chi connectivity index (χ0) is 12.5. The Labute approximate surface area is 107 Å². The Hall–Kier alpha value is -1.01. The van der Waals surface area contributed by atoms with E-state index in [1.807, 2.05) is 11.6 Å². The molecule has 2 atom stereocenters. The lowest BCUT2D eigenvalue weighted by atomic mass is 9.93. The Kier molecular flexibility index (Phi) is 3.30. The smallest absolute Gasteiger partial charge is 0.165 e. The third-order valence-corrected chi connectivity index (χ3v) is 4.04. The van der Waals surface area contributed by atoms with Gasteiger partial charge in [-0.3, -0.25) is 4.90 Å². The molecule has 100 valence electrons. The molecule has 0 spiro atoms. The first-order valence-corrected chi connectivity index (χ1v) is 6.91. The van der Waals surface area contributed by atoms with E-state index in [9.17, 15) is 5.11 Å². The van der Waals surface area contributed by atoms with Gasteiger partial charge in [-0.15, -0.1) is 5.10 Å². The van der Waals surface area contributed by atoms with Gasteiger partial charge in [-0.05, 0) is 55.5 Å². The number of likely N-dealkylation sites (tertiary alicyclic amines) is 1. The number of aromatic nitrogens is 4. The Morgan fingerprint density at radius 2 is 2.22 bits per heavy atom. The SMILES string of the molecule is CC(O)C1CCCN(Cc2nnnn2C2CC2)C1. The average Bonchev–Trinajstić information content (AvgIpc) is 3.11. The number of tetrazole rings is 1. The molecule has 1 saturated carbocycles. The normalized spacial score (nSPS) is 27.3. The van der Waals surface area contributed by atoms with E-state index in [0.717, 1.165) is 38.3 Å². The maximum atomic E-state index is 9.70. The van der Waals surface area contributed by atoms with E-state index in [2.05, 4.69) is 20.4 Å². The van der Waals surface area contributed by atoms with Crippen molar-refractivity contribution < 1.29 is 5.11 Å². The fourth-order valence-corrected chi connectivity index (χ4v) is 2.75. The van der Waals surface area contributed by atoms with Crippen molar-refractivity contribution in [2.24, 2.45) is 5.92 Å². The van der Waals surface area contributed by atoms with Crippen LogP contribution in [0.2, 0.25) is 0 Å². The molecular weight excluding hydrogens is 230 g/mol. The Bertz CT molecular complexity index is 401. The molecular formula is C12H21N5O. The van der Waals surface area contributed by atoms with Gasteiger partial charge in [0.2, 0.25) is 0 Å². The Balaban J connectivity index is 1.63. The number of hydrogen-bond acceptors (Lipinski definition) is 5. The minimum atomic E-state index is -0.216. The summed E-state index contributed by atoms with van der Waals surface area (Å²) < 4.78 is 1.98. The summed E-state index contributed by atoms with van der Waals surface area (Å²) in [7, 11) is 0. The van der Waals surface area contributed by atoms with Gasteiger partial charge in [-0.1, -0.05) is 0 Å². The quantitative estimate of drug-likeness (QED) is 0.849. The van der Waals surface area contributed by atoms with E-state index < -0.39 is 0 Å². The van der Waals surface area contributed by atoms with Crippen molar-refractivity contribution in [1.29, 1.82) is 0 Å². The number of nitrogens with zero attached hydrogens (tertiary/aromatic N) is 5. The van der Waals surface area contributed by atoms with Crippen LogP contribution < -0.4 is 0 Å². The van der Waals surface area contributed by atoms with Crippen LogP contribution in [0.3, 0.4) is 0 Å². The molecule has 2 fully saturated rings. The van der Waals surface area contributed by atoms with Gasteiger partial charge in [0.1, 0.15) is 0 Å². The minimum Gasteiger partial charge on any atom is -0.393 e. The van der Waals surface area contributed by atoms with Crippen molar-refractivity contribution in [2.45, 2.75) is 51.3 Å². The first-order chi connectivity index (χ1) is 8.74. The second-order valence-corrected chi connectivity index (χ2v) is 5.65. The maximum Gasteiger partial charge on any atom is 0.165 e. The van der Waals surface area contributed by atoms with Crippen LogP contribution in [0.4, 0.5) is 0 Å². The van der Waals surface area contributed by atoms with Gasteiger partial charge in [0, 0.05) is 6.54 Å². The Morgan fingerprint density at radius 1 is 1.39 bits per heavy atom. The molecule has 1 aliphatic carbocycles. The fourth-order valence-electron chi connectivity index (χ4n) is 2.75. The third-order valence-electron chi connectivity index (χ3n) is 4.04. The molecule has 2 aliphatic rings. The number of aliphatic hydroxyl groups excluding tert-OH is 1. The van der Waals surface area contributed by atoms with E-state index in [1.165, 1.54) is 12.8 Å². The van der Waals surface area contributed by atoms with Crippen molar-refractivity contribution in [2.75, 3.05) is 13.1 Å². The van der Waals surface area contributed by atoms with Crippen LogP contribution >= 0.6 is 0 Å². The summed E-state index contributed by atoms with van der Waals surface area (Å²) in [4.78, 5) is 2.37. The van der Waals surface area contributed by atoms with Gasteiger partial charge in [-0.2, -0.15) is 0 Å². The lowest BCUT2D eigenvalue weighted by molar-refractivity contribution is 0.0583. The first-order valence-electron chi connectivity index (χ1n) is 6.91. The van der Waals surface area contributed by atoms with E-state index in [1.54, 1.807) is 0 Å². The lowest BCUT2D eigenvalue weighted by Gasteiger charge is -2.33. The summed E-state index contributed by atoms with van der Waals surface area (Å²) in [5, 5.41) is 21.7. The average molecular weight is 251 g/mol. The van der Waals surface area contributed by atoms with Gasteiger partial charge in [-0.25, -0.2) is 4.68 Å². The van der Waals surface area contributed by atoms with Crippen LogP contribution in [0, 0.1) is 5.92 Å². The van der Waals surface area contributed by atoms with E-state index in [0.29, 0.717) is 12.0 Å². The van der Waals surface area contributed by atoms with Crippen molar-refractivity contribution in [3.63, 3.8) is 0 Å². The highest BCUT2D eigenvalue weighted by atomic mass is 16.3. The lowest BCUT2D eigenvalue weighted by Crippen LogP contribution is -2.39. The molecule has 3 rings (SSSR count). The summed E-state index contributed by atoms with van der Waals surface area (Å²) in [6.07, 6.45) is 4.47. The molecule has 1 N–H and O–H groups in total. The highest BCUT2D eigenvalue weighted by Gasteiger charge is 2.29. The molecule has 18 heavy (non-hydrogen) atoms. The molecule has 0 amide bonds. The minimum absolute atomic E-state index is 0.216. The predicted molar refractivity (Wildman–Crippen MR) is 65.8 cm³/mol. The highest BCUT2D eigenvalue weighted by Crippen LogP contribution is 2.34. The van der Waals surface area contributed by atoms with E-state index >= 15 is 0 Å². The Morgan fingerprint density at radius 3 is 2.94 bits per heavy atom. The van der Waals surface area contributed by atoms with Crippen molar-refractivity contribution in [1.82, 2.24) is 25.1 Å². The fraction of sp³-hybridized carbons (Fsp3) is 0.917. The van der Waals surface area contributed by atoms with E-state index in [4.69, 9.17) is 0 Å². The molecule has 1 aromatic rings. The molecule has 1 saturated heterocycles. The van der Waals surface area contributed by atoms with Gasteiger partial charge >= 0.3 is 0 Å². The molecule has 2 unspecified atom stereocenters. The van der Waals surface area contributed by atoms with Gasteiger partial charge in [0.05, 0.1) is 18.7 Å². The van der Waals surface area contributed by atoms with Crippen LogP contribution in [0.5, 0.6) is 0 Å². The summed E-state index contributed by atoms with van der Waals surface area (Å²) in [5.41, 5.74) is 0. The maximum absolute atomic E-state index is 9.70. The largest absolute Gasteiger partial charge is 0.393 e. The highest BCUT2D eigenvalue weighted by molar-refractivity contribution is 4.91. The second-order valence-electron chi connectivity index (χ2n) is 5.65. The molecule has 0 aromatic carbocycles. The van der Waals surface area contributed by atoms with Gasteiger partial charge in [0.15, 0.2) is 5.82 Å². The van der Waals surface area contributed by atoms with Gasteiger partial charge < -0.3 is 5.11 Å². The topological polar surface area (TPSA) is 67.1 Å². The molecule has 1 aromatic heterocycles. The standard InChI is InChI=1S/C12H21N5O/c1-9(18)10-3-2-6-16(7-10)8-12-13-14-15-17(12)11-4-5-11/h9-11,18H,2-8H2,1H3. The third kappa shape index (κ3) is 2.54. The van der Waals surface area contributed by atoms with Crippen LogP contribution in [-0.2, 0) is 6.54 Å². The molecule has 0 radical (unpaired) electrons. The van der Waals surface area contributed by atoms with Crippen molar-refractivity contribution >= 4 is 0 Å². The first kappa shape index (κ1) is 12.0. The zero-order valence-corrected chi connectivity index (χ0v) is 10.9. The molecule has 1 aliphatic heterocycles. The number of piperidine rings is 1. The molecule has 6 nitrogen and oxygen atoms in total. The molecule has 6 heteroatoms. The number of rotatable bonds is 4. The summed E-state index contributed by atoms with van der Waals surface area (Å²) in [6, 6.07) is 0.535. The summed E-state index contributed by atoms with van der Waals surface area (Å²) >= 11 is 0. The molecule has 0 bridgehead atoms. The number of aliphatic hydroxyl groups is 1. The van der Waals surface area contributed by atoms with Crippen LogP contribution in [0.25, 0.3) is 0 Å². The van der Waals surface area contributed by atoms with Crippen LogP contribution in [0.15, 0.2) is 0 Å². The van der Waals surface area contributed by atoms with E-state index in [-0.39, 0.29) is 6.10 Å². The summed E-state index contributed by atoms with van der Waals surface area (Å²) in [6.45, 7) is 4.74. The number of hydrogen-bond donors (Lipinski definition) is 1. The summed E-state index contributed by atoms with van der Waals surface area (Å²) in [5.74, 6) is 1.37. The van der Waals surface area contributed by atoms with Crippen LogP contribution in [-0.4, -0.2) is 49.4 Å². The van der Waals surface area contributed by atoms with Crippen molar-refractivity contribution in [3.05, 3.63) is 5.82 Å². The monoisotopic (exact) mass is 251 g/mol. The zero-order valence-electron chi connectivity index (χ0n) is 10.9. The second kappa shape index (κ2) is 4.93. The van der Waals surface area contributed by atoms with Crippen molar-refractivity contribution in [3.8, 4) is 0 Å². The predicted octanol–water partition coefficient (Wildman–Crippen LogP) is 0.601. The van der Waals surface area contributed by atoms with Crippen LogP contribution in [0.1, 0.15) is 44.5 Å².